The molecule has 0 spiro atoms. The zero-order valence-corrected chi connectivity index (χ0v) is 12.7. The van der Waals surface area contributed by atoms with Gasteiger partial charge in [0.1, 0.15) is 12.7 Å². The van der Waals surface area contributed by atoms with E-state index in [-0.39, 0.29) is 18.6 Å². The number of ether oxygens (including phenoxy) is 3. The van der Waals surface area contributed by atoms with E-state index in [0.717, 1.165) is 12.8 Å². The first-order valence-corrected chi connectivity index (χ1v) is 7.12. The average Bonchev–Trinajstić information content (AvgIpc) is 2.40. The van der Waals surface area contributed by atoms with Gasteiger partial charge in [0.15, 0.2) is 6.23 Å². The molecule has 0 saturated carbocycles. The Morgan fingerprint density at radius 1 is 1.16 bits per heavy atom. The Morgan fingerprint density at radius 2 is 1.89 bits per heavy atom. The largest absolute Gasteiger partial charge is 0.375 e. The van der Waals surface area contributed by atoms with E-state index < -0.39 is 6.23 Å². The lowest BCUT2D eigenvalue weighted by atomic mass is 10.1. The minimum absolute atomic E-state index is 0.0362. The Labute approximate surface area is 117 Å². The van der Waals surface area contributed by atoms with Gasteiger partial charge in [-0.15, -0.1) is 0 Å². The molecule has 0 saturated heterocycles. The first kappa shape index (κ1) is 18.4. The summed E-state index contributed by atoms with van der Waals surface area (Å²) in [6, 6.07) is 0. The minimum Gasteiger partial charge on any atom is -0.375 e. The Balaban J connectivity index is 4.23. The van der Waals surface area contributed by atoms with Gasteiger partial charge < -0.3 is 19.5 Å². The molecule has 0 bridgehead atoms. The van der Waals surface area contributed by atoms with Crippen molar-refractivity contribution in [2.45, 2.75) is 58.3 Å². The summed E-state index contributed by atoms with van der Waals surface area (Å²) in [5.41, 5.74) is 0. The Morgan fingerprint density at radius 3 is 2.42 bits per heavy atom. The highest BCUT2D eigenvalue weighted by Gasteiger charge is 2.23. The van der Waals surface area contributed by atoms with Crippen LogP contribution in [0.1, 0.15) is 46.0 Å². The predicted octanol–water partition coefficient (Wildman–Crippen LogP) is 2.10. The standard InChI is InChI=1S/C14H29NO4/c1-5-7-8-9-10-12(19-6-2)14(18-4)15-13(16)11-17-3/h12,14H,5-11H2,1-4H3,(H,15,16)/t12-,14-/m1/s1. The van der Waals surface area contributed by atoms with E-state index in [2.05, 4.69) is 12.2 Å². The van der Waals surface area contributed by atoms with Crippen molar-refractivity contribution in [3.05, 3.63) is 0 Å². The first-order chi connectivity index (χ1) is 9.19. The van der Waals surface area contributed by atoms with Crippen molar-refractivity contribution in [1.29, 1.82) is 0 Å². The Hall–Kier alpha value is -0.650. The van der Waals surface area contributed by atoms with E-state index in [9.17, 15) is 4.79 Å². The third-order valence-corrected chi connectivity index (χ3v) is 2.89. The van der Waals surface area contributed by atoms with Gasteiger partial charge in [-0.2, -0.15) is 0 Å². The monoisotopic (exact) mass is 275 g/mol. The lowest BCUT2D eigenvalue weighted by molar-refractivity contribution is -0.134. The molecule has 0 aliphatic carbocycles. The van der Waals surface area contributed by atoms with Crippen molar-refractivity contribution in [1.82, 2.24) is 5.32 Å². The fourth-order valence-corrected chi connectivity index (χ4v) is 1.94. The predicted molar refractivity (Wildman–Crippen MR) is 75.0 cm³/mol. The molecule has 0 aromatic carbocycles. The highest BCUT2D eigenvalue weighted by molar-refractivity contribution is 5.77. The Kier molecular flexibility index (Phi) is 12.0. The van der Waals surface area contributed by atoms with Gasteiger partial charge in [0.25, 0.3) is 0 Å². The van der Waals surface area contributed by atoms with Gasteiger partial charge in [0.2, 0.25) is 5.91 Å². The highest BCUT2D eigenvalue weighted by Crippen LogP contribution is 2.12. The summed E-state index contributed by atoms with van der Waals surface area (Å²) in [4.78, 5) is 11.5. The van der Waals surface area contributed by atoms with E-state index in [1.165, 1.54) is 26.4 Å². The van der Waals surface area contributed by atoms with Crippen LogP contribution in [-0.4, -0.2) is 45.7 Å². The van der Waals surface area contributed by atoms with Crippen molar-refractivity contribution < 1.29 is 19.0 Å². The zero-order valence-electron chi connectivity index (χ0n) is 12.7. The highest BCUT2D eigenvalue weighted by atomic mass is 16.5. The van der Waals surface area contributed by atoms with Crippen LogP contribution in [0.5, 0.6) is 0 Å². The maximum atomic E-state index is 11.5. The van der Waals surface area contributed by atoms with Gasteiger partial charge in [-0.25, -0.2) is 0 Å². The van der Waals surface area contributed by atoms with Crippen LogP contribution in [0.2, 0.25) is 0 Å². The van der Waals surface area contributed by atoms with Crippen molar-refractivity contribution in [2.24, 2.45) is 0 Å². The van der Waals surface area contributed by atoms with Crippen LogP contribution in [-0.2, 0) is 19.0 Å². The van der Waals surface area contributed by atoms with Crippen LogP contribution in [0, 0.1) is 0 Å². The van der Waals surface area contributed by atoms with Gasteiger partial charge in [0.05, 0.1) is 0 Å². The maximum Gasteiger partial charge on any atom is 0.248 e. The smallest absolute Gasteiger partial charge is 0.248 e. The average molecular weight is 275 g/mol. The van der Waals surface area contributed by atoms with E-state index in [0.29, 0.717) is 6.61 Å². The molecule has 0 aromatic heterocycles. The first-order valence-electron chi connectivity index (χ1n) is 7.12. The minimum atomic E-state index is -0.413. The van der Waals surface area contributed by atoms with Crippen molar-refractivity contribution in [3.8, 4) is 0 Å². The van der Waals surface area contributed by atoms with E-state index in [4.69, 9.17) is 14.2 Å². The molecule has 0 aromatic rings. The molecule has 5 heteroatoms. The summed E-state index contributed by atoms with van der Waals surface area (Å²) in [5, 5.41) is 2.78. The second-order valence-electron chi connectivity index (χ2n) is 4.50. The number of carbonyl (C=O) groups excluding carboxylic acids is 1. The number of methoxy groups -OCH3 is 2. The van der Waals surface area contributed by atoms with Crippen LogP contribution in [0.15, 0.2) is 0 Å². The molecule has 2 atom stereocenters. The Bertz CT molecular complexity index is 223. The molecule has 0 aliphatic heterocycles. The van der Waals surface area contributed by atoms with E-state index in [1.807, 2.05) is 6.92 Å². The lowest BCUT2D eigenvalue weighted by Crippen LogP contribution is -2.47. The summed E-state index contributed by atoms with van der Waals surface area (Å²) >= 11 is 0. The number of carbonyl (C=O) groups is 1. The molecule has 0 unspecified atom stereocenters. The lowest BCUT2D eigenvalue weighted by Gasteiger charge is -2.26. The maximum absolute atomic E-state index is 11.5. The van der Waals surface area contributed by atoms with Gasteiger partial charge in [-0.05, 0) is 13.3 Å². The molecule has 0 heterocycles. The van der Waals surface area contributed by atoms with Gasteiger partial charge in [-0.1, -0.05) is 32.6 Å². The quantitative estimate of drug-likeness (QED) is 0.438. The molecule has 0 rings (SSSR count). The molecular formula is C14H29NO4. The van der Waals surface area contributed by atoms with E-state index >= 15 is 0 Å². The number of rotatable bonds is 12. The van der Waals surface area contributed by atoms with Crippen molar-refractivity contribution in [3.63, 3.8) is 0 Å². The third-order valence-electron chi connectivity index (χ3n) is 2.89. The summed E-state index contributed by atoms with van der Waals surface area (Å²) in [5.74, 6) is -0.187. The number of hydrogen-bond donors (Lipinski definition) is 1. The number of unbranched alkanes of at least 4 members (excludes halogenated alkanes) is 3. The second kappa shape index (κ2) is 12.4. The summed E-state index contributed by atoms with van der Waals surface area (Å²) in [7, 11) is 3.07. The van der Waals surface area contributed by atoms with E-state index in [1.54, 1.807) is 7.11 Å². The van der Waals surface area contributed by atoms with Crippen LogP contribution in [0.4, 0.5) is 0 Å². The SMILES string of the molecule is CCCCCC[C@@H](OCC)[C@H](NC(=O)COC)OC. The summed E-state index contributed by atoms with van der Waals surface area (Å²) < 4.78 is 15.8. The van der Waals surface area contributed by atoms with Crippen molar-refractivity contribution >= 4 is 5.91 Å². The summed E-state index contributed by atoms with van der Waals surface area (Å²) in [6.45, 7) is 4.78. The molecule has 0 radical (unpaired) electrons. The van der Waals surface area contributed by atoms with Gasteiger partial charge in [0, 0.05) is 20.8 Å². The molecular weight excluding hydrogens is 246 g/mol. The number of amides is 1. The van der Waals surface area contributed by atoms with Crippen LogP contribution in [0.25, 0.3) is 0 Å². The molecule has 1 amide bonds. The number of hydrogen-bond acceptors (Lipinski definition) is 4. The topological polar surface area (TPSA) is 56.8 Å². The van der Waals surface area contributed by atoms with Crippen molar-refractivity contribution in [2.75, 3.05) is 27.4 Å². The molecule has 1 N–H and O–H groups in total. The van der Waals surface area contributed by atoms with Crippen LogP contribution >= 0.6 is 0 Å². The second-order valence-corrected chi connectivity index (χ2v) is 4.50. The fourth-order valence-electron chi connectivity index (χ4n) is 1.94. The zero-order chi connectivity index (χ0) is 14.5. The molecule has 0 fully saturated rings. The van der Waals surface area contributed by atoms with Crippen LogP contribution in [0.3, 0.4) is 0 Å². The normalized spacial score (nSPS) is 14.1. The fraction of sp³-hybridized carbons (Fsp3) is 0.929. The molecule has 114 valence electrons. The molecule has 0 aliphatic rings. The molecule has 19 heavy (non-hydrogen) atoms. The number of nitrogens with one attached hydrogen (secondary N) is 1. The van der Waals surface area contributed by atoms with Gasteiger partial charge in [-0.3, -0.25) is 4.79 Å². The molecule has 5 nitrogen and oxygen atoms in total. The van der Waals surface area contributed by atoms with Crippen LogP contribution < -0.4 is 5.32 Å². The third kappa shape index (κ3) is 8.97. The van der Waals surface area contributed by atoms with Gasteiger partial charge >= 0.3 is 0 Å². The summed E-state index contributed by atoms with van der Waals surface area (Å²) in [6.07, 6.45) is 5.07.